The molecule has 1 aromatic heterocycles. The van der Waals surface area contributed by atoms with E-state index in [9.17, 15) is 0 Å². The number of piperidine rings is 1. The van der Waals surface area contributed by atoms with Crippen LogP contribution in [-0.2, 0) is 0 Å². The lowest BCUT2D eigenvalue weighted by Gasteiger charge is -2.33. The van der Waals surface area contributed by atoms with Crippen LogP contribution >= 0.6 is 27.3 Å². The van der Waals surface area contributed by atoms with Gasteiger partial charge in [-0.05, 0) is 54.1 Å². The Labute approximate surface area is 115 Å². The summed E-state index contributed by atoms with van der Waals surface area (Å²) >= 11 is 5.51. The minimum atomic E-state index is 0.445. The van der Waals surface area contributed by atoms with Crippen LogP contribution in [0.4, 0.5) is 0 Å². The molecule has 3 unspecified atom stereocenters. The average molecular weight is 315 g/mol. The van der Waals surface area contributed by atoms with Gasteiger partial charge in [-0.25, -0.2) is 0 Å². The number of likely N-dealkylation sites (tertiary alicyclic amines) is 1. The van der Waals surface area contributed by atoms with Crippen LogP contribution in [0.3, 0.4) is 0 Å². The van der Waals surface area contributed by atoms with Crippen molar-refractivity contribution < 1.29 is 0 Å². The molecule has 1 aliphatic carbocycles. The first kappa shape index (κ1) is 12.2. The summed E-state index contributed by atoms with van der Waals surface area (Å²) < 4.78 is 1.24. The molecular weight excluding hydrogens is 296 g/mol. The van der Waals surface area contributed by atoms with E-state index in [0.29, 0.717) is 6.04 Å². The summed E-state index contributed by atoms with van der Waals surface area (Å²) in [5, 5.41) is 0. The Hall–Kier alpha value is 0.100. The van der Waals surface area contributed by atoms with Crippen molar-refractivity contribution >= 4 is 27.3 Å². The predicted octanol–water partition coefficient (Wildman–Crippen LogP) is 3.30. The Bertz CT molecular complexity index is 398. The van der Waals surface area contributed by atoms with E-state index in [1.165, 1.54) is 40.0 Å². The van der Waals surface area contributed by atoms with E-state index in [-0.39, 0.29) is 0 Å². The van der Waals surface area contributed by atoms with Gasteiger partial charge in [-0.1, -0.05) is 0 Å². The molecule has 0 radical (unpaired) electrons. The normalized spacial score (nSPS) is 30.1. The van der Waals surface area contributed by atoms with Crippen LogP contribution in [0.5, 0.6) is 0 Å². The highest BCUT2D eigenvalue weighted by molar-refractivity contribution is 9.10. The molecule has 1 aliphatic heterocycles. The molecule has 1 aromatic rings. The number of hydrogen-bond donors (Lipinski definition) is 1. The Morgan fingerprint density at radius 1 is 1.59 bits per heavy atom. The summed E-state index contributed by atoms with van der Waals surface area (Å²) in [5.74, 6) is 0.943. The maximum absolute atomic E-state index is 6.03. The molecule has 2 heterocycles. The fourth-order valence-electron chi connectivity index (χ4n) is 3.41. The third-order valence-corrected chi connectivity index (χ3v) is 6.52. The van der Waals surface area contributed by atoms with Gasteiger partial charge in [0.1, 0.15) is 0 Å². The summed E-state index contributed by atoms with van der Waals surface area (Å²) in [6.45, 7) is 4.18. The van der Waals surface area contributed by atoms with Gasteiger partial charge in [0.15, 0.2) is 0 Å². The maximum atomic E-state index is 6.03. The zero-order valence-corrected chi connectivity index (χ0v) is 12.6. The van der Waals surface area contributed by atoms with Gasteiger partial charge >= 0.3 is 0 Å². The van der Waals surface area contributed by atoms with E-state index in [0.717, 1.165) is 18.5 Å². The monoisotopic (exact) mass is 314 g/mol. The third-order valence-electron chi connectivity index (χ3n) is 4.28. The van der Waals surface area contributed by atoms with Crippen molar-refractivity contribution in [3.05, 3.63) is 20.3 Å². The molecular formula is C13H19BrN2S. The van der Waals surface area contributed by atoms with E-state index in [2.05, 4.69) is 33.8 Å². The third kappa shape index (κ3) is 2.09. The zero-order chi connectivity index (χ0) is 12.0. The summed E-state index contributed by atoms with van der Waals surface area (Å²) in [7, 11) is 0. The highest BCUT2D eigenvalue weighted by atomic mass is 79.9. The molecule has 17 heavy (non-hydrogen) atoms. The lowest BCUT2D eigenvalue weighted by Crippen LogP contribution is -2.38. The Kier molecular flexibility index (Phi) is 3.32. The molecule has 2 aliphatic rings. The summed E-state index contributed by atoms with van der Waals surface area (Å²) in [6, 6.07) is 3.51. The molecule has 1 saturated carbocycles. The molecule has 2 fully saturated rings. The first-order valence-corrected chi connectivity index (χ1v) is 8.01. The van der Waals surface area contributed by atoms with Crippen molar-refractivity contribution in [2.75, 3.05) is 13.1 Å². The molecule has 2 bridgehead atoms. The first-order chi connectivity index (χ1) is 8.19. The van der Waals surface area contributed by atoms with Gasteiger partial charge in [0.05, 0.1) is 6.04 Å². The van der Waals surface area contributed by atoms with Crippen LogP contribution in [0, 0.1) is 12.8 Å². The first-order valence-electron chi connectivity index (χ1n) is 6.40. The molecule has 3 atom stereocenters. The number of nitrogens with two attached hydrogens (primary N) is 1. The van der Waals surface area contributed by atoms with Gasteiger partial charge in [-0.15, -0.1) is 11.3 Å². The van der Waals surface area contributed by atoms with Crippen molar-refractivity contribution in [1.82, 2.24) is 4.90 Å². The lowest BCUT2D eigenvalue weighted by molar-refractivity contribution is 0.155. The molecule has 2 N–H and O–H groups in total. The molecule has 2 nitrogen and oxygen atoms in total. The number of aryl methyl sites for hydroxylation is 1. The quantitative estimate of drug-likeness (QED) is 0.927. The SMILES string of the molecule is Cc1sc(C(CN)N2CC3CCC2C3)cc1Br. The minimum absolute atomic E-state index is 0.445. The minimum Gasteiger partial charge on any atom is -0.329 e. The number of hydrogen-bond acceptors (Lipinski definition) is 3. The summed E-state index contributed by atoms with van der Waals surface area (Å²) in [6.07, 6.45) is 4.22. The molecule has 0 amide bonds. The number of halogens is 1. The Morgan fingerprint density at radius 3 is 2.88 bits per heavy atom. The topological polar surface area (TPSA) is 29.3 Å². The Balaban J connectivity index is 1.84. The van der Waals surface area contributed by atoms with Crippen LogP contribution < -0.4 is 5.73 Å². The number of fused-ring (bicyclic) bond motifs is 2. The van der Waals surface area contributed by atoms with E-state index in [4.69, 9.17) is 5.73 Å². The van der Waals surface area contributed by atoms with Crippen molar-refractivity contribution in [2.24, 2.45) is 11.7 Å². The van der Waals surface area contributed by atoms with E-state index >= 15 is 0 Å². The van der Waals surface area contributed by atoms with Crippen LogP contribution in [-0.4, -0.2) is 24.0 Å². The molecule has 3 rings (SSSR count). The van der Waals surface area contributed by atoms with Gasteiger partial charge in [0.25, 0.3) is 0 Å². The lowest BCUT2D eigenvalue weighted by atomic mass is 10.1. The molecule has 0 spiro atoms. The van der Waals surface area contributed by atoms with Crippen molar-refractivity contribution in [3.63, 3.8) is 0 Å². The second-order valence-electron chi connectivity index (χ2n) is 5.33. The van der Waals surface area contributed by atoms with Crippen molar-refractivity contribution in [1.29, 1.82) is 0 Å². The molecule has 94 valence electrons. The average Bonchev–Trinajstić information content (AvgIpc) is 2.98. The molecule has 4 heteroatoms. The van der Waals surface area contributed by atoms with Crippen LogP contribution in [0.1, 0.15) is 35.1 Å². The number of thiophene rings is 1. The van der Waals surface area contributed by atoms with Gasteiger partial charge in [-0.2, -0.15) is 0 Å². The second kappa shape index (κ2) is 4.65. The highest BCUT2D eigenvalue weighted by Crippen LogP contribution is 2.43. The molecule has 1 saturated heterocycles. The van der Waals surface area contributed by atoms with E-state index in [1.807, 2.05) is 11.3 Å². The van der Waals surface area contributed by atoms with Gasteiger partial charge in [-0.3, -0.25) is 4.90 Å². The smallest absolute Gasteiger partial charge is 0.0567 e. The maximum Gasteiger partial charge on any atom is 0.0567 e. The van der Waals surface area contributed by atoms with E-state index < -0.39 is 0 Å². The highest BCUT2D eigenvalue weighted by Gasteiger charge is 2.41. The predicted molar refractivity (Wildman–Crippen MR) is 76.4 cm³/mol. The standard InChI is InChI=1S/C13H19BrN2S/c1-8-11(14)5-13(17-8)12(6-15)16-7-9-2-3-10(16)4-9/h5,9-10,12H,2-4,6-7,15H2,1H3. The Morgan fingerprint density at radius 2 is 2.41 bits per heavy atom. The summed E-state index contributed by atoms with van der Waals surface area (Å²) in [4.78, 5) is 5.46. The van der Waals surface area contributed by atoms with Gasteiger partial charge in [0.2, 0.25) is 0 Å². The number of rotatable bonds is 3. The zero-order valence-electron chi connectivity index (χ0n) is 10.2. The summed E-state index contributed by atoms with van der Waals surface area (Å²) in [5.41, 5.74) is 6.03. The van der Waals surface area contributed by atoms with Crippen LogP contribution in [0.2, 0.25) is 0 Å². The number of nitrogens with zero attached hydrogens (tertiary/aromatic N) is 1. The second-order valence-corrected chi connectivity index (χ2v) is 7.48. The largest absolute Gasteiger partial charge is 0.329 e. The fraction of sp³-hybridized carbons (Fsp3) is 0.692. The fourth-order valence-corrected chi connectivity index (χ4v) is 5.10. The van der Waals surface area contributed by atoms with E-state index in [1.54, 1.807) is 0 Å². The van der Waals surface area contributed by atoms with Crippen molar-refractivity contribution in [2.45, 2.75) is 38.3 Å². The van der Waals surface area contributed by atoms with Gasteiger partial charge < -0.3 is 5.73 Å². The van der Waals surface area contributed by atoms with Crippen molar-refractivity contribution in [3.8, 4) is 0 Å². The van der Waals surface area contributed by atoms with Gasteiger partial charge in [0, 0.05) is 33.4 Å². The molecule has 0 aromatic carbocycles. The van der Waals surface area contributed by atoms with Crippen LogP contribution in [0.25, 0.3) is 0 Å². The van der Waals surface area contributed by atoms with Crippen LogP contribution in [0.15, 0.2) is 10.5 Å².